The summed E-state index contributed by atoms with van der Waals surface area (Å²) in [6, 6.07) is 11.4. The van der Waals surface area contributed by atoms with Gasteiger partial charge in [0.15, 0.2) is 0 Å². The predicted molar refractivity (Wildman–Crippen MR) is 122 cm³/mol. The van der Waals surface area contributed by atoms with Gasteiger partial charge in [-0.1, -0.05) is 12.1 Å². The monoisotopic (exact) mass is 453 g/mol. The van der Waals surface area contributed by atoms with Crippen LogP contribution in [0, 0.1) is 11.7 Å². The fraction of sp³-hybridized carbons (Fsp3) is 0.320. The van der Waals surface area contributed by atoms with Gasteiger partial charge in [-0.3, -0.25) is 14.4 Å². The molecule has 1 fully saturated rings. The highest BCUT2D eigenvalue weighted by molar-refractivity contribution is 5.98. The first-order chi connectivity index (χ1) is 15.9. The average Bonchev–Trinajstić information content (AvgIpc) is 2.86. The standard InChI is InChI=1S/C25H28FN3O4/c1-3-13-27-24(31)22(28-23(30)19-5-4-6-21(16-19)33-2)17-11-14-29(15-12-17)25(32)18-7-9-20(26)10-8-18/h3-10,16-17,22H,1,11-15H2,2H3,(H,27,31)(H,28,30)/t22-/m1/s1. The van der Waals surface area contributed by atoms with Crippen molar-refractivity contribution in [2.24, 2.45) is 5.92 Å². The zero-order chi connectivity index (χ0) is 23.8. The molecule has 0 saturated carbocycles. The predicted octanol–water partition coefficient (Wildman–Crippen LogP) is 2.79. The lowest BCUT2D eigenvalue weighted by Gasteiger charge is -2.35. The molecule has 0 spiro atoms. The number of piperidine rings is 1. The lowest BCUT2D eigenvalue weighted by molar-refractivity contribution is -0.124. The molecule has 33 heavy (non-hydrogen) atoms. The van der Waals surface area contributed by atoms with E-state index in [1.165, 1.54) is 31.4 Å². The van der Waals surface area contributed by atoms with Crippen LogP contribution in [0.5, 0.6) is 5.75 Å². The third kappa shape index (κ3) is 6.19. The fourth-order valence-corrected chi connectivity index (χ4v) is 3.88. The molecule has 1 aliphatic rings. The van der Waals surface area contributed by atoms with Gasteiger partial charge in [-0.25, -0.2) is 4.39 Å². The molecular weight excluding hydrogens is 425 g/mol. The number of nitrogens with zero attached hydrogens (tertiary/aromatic N) is 1. The van der Waals surface area contributed by atoms with Crippen molar-refractivity contribution in [2.75, 3.05) is 26.7 Å². The molecule has 3 amide bonds. The van der Waals surface area contributed by atoms with E-state index in [9.17, 15) is 18.8 Å². The van der Waals surface area contributed by atoms with Gasteiger partial charge in [0.2, 0.25) is 5.91 Å². The highest BCUT2D eigenvalue weighted by Crippen LogP contribution is 2.23. The van der Waals surface area contributed by atoms with Crippen molar-refractivity contribution < 1.29 is 23.5 Å². The van der Waals surface area contributed by atoms with E-state index in [2.05, 4.69) is 17.2 Å². The van der Waals surface area contributed by atoms with Gasteiger partial charge in [-0.15, -0.1) is 6.58 Å². The van der Waals surface area contributed by atoms with Gasteiger partial charge in [0, 0.05) is 30.8 Å². The molecule has 0 unspecified atom stereocenters. The first kappa shape index (κ1) is 24.0. The number of hydrogen-bond donors (Lipinski definition) is 2. The molecule has 1 saturated heterocycles. The fourth-order valence-electron chi connectivity index (χ4n) is 3.88. The Hall–Kier alpha value is -3.68. The molecule has 8 heteroatoms. The maximum absolute atomic E-state index is 13.2. The number of carbonyl (C=O) groups is 3. The van der Waals surface area contributed by atoms with Crippen LogP contribution in [0.25, 0.3) is 0 Å². The third-order valence-corrected chi connectivity index (χ3v) is 5.71. The number of ether oxygens (including phenoxy) is 1. The average molecular weight is 454 g/mol. The topological polar surface area (TPSA) is 87.7 Å². The second-order valence-electron chi connectivity index (χ2n) is 7.85. The van der Waals surface area contributed by atoms with E-state index < -0.39 is 11.9 Å². The van der Waals surface area contributed by atoms with Crippen LogP contribution in [0.2, 0.25) is 0 Å². The summed E-state index contributed by atoms with van der Waals surface area (Å²) in [5, 5.41) is 5.62. The van der Waals surface area contributed by atoms with Crippen molar-refractivity contribution in [3.63, 3.8) is 0 Å². The Balaban J connectivity index is 1.69. The minimum absolute atomic E-state index is 0.151. The van der Waals surface area contributed by atoms with Gasteiger partial charge < -0.3 is 20.3 Å². The summed E-state index contributed by atoms with van der Waals surface area (Å²) in [4.78, 5) is 40.1. The Kier molecular flexibility index (Phi) is 8.18. The molecule has 0 radical (unpaired) electrons. The SMILES string of the molecule is C=CCNC(=O)[C@H](NC(=O)c1cccc(OC)c1)C1CCN(C(=O)c2ccc(F)cc2)CC1. The number of likely N-dealkylation sites (tertiary alicyclic amines) is 1. The minimum Gasteiger partial charge on any atom is -0.497 e. The number of rotatable bonds is 8. The molecule has 0 aliphatic carbocycles. The number of benzene rings is 2. The van der Waals surface area contributed by atoms with E-state index in [1.54, 1.807) is 35.2 Å². The van der Waals surface area contributed by atoms with Crippen LogP contribution in [-0.4, -0.2) is 55.4 Å². The highest BCUT2D eigenvalue weighted by Gasteiger charge is 2.34. The Morgan fingerprint density at radius 3 is 2.48 bits per heavy atom. The zero-order valence-electron chi connectivity index (χ0n) is 18.6. The van der Waals surface area contributed by atoms with E-state index in [4.69, 9.17) is 4.74 Å². The van der Waals surface area contributed by atoms with Gasteiger partial charge in [-0.05, 0) is 61.2 Å². The van der Waals surface area contributed by atoms with Gasteiger partial charge in [0.05, 0.1) is 7.11 Å². The first-order valence-electron chi connectivity index (χ1n) is 10.8. The number of methoxy groups -OCH3 is 1. The number of hydrogen-bond acceptors (Lipinski definition) is 4. The Labute approximate surface area is 192 Å². The lowest BCUT2D eigenvalue weighted by atomic mass is 9.88. The van der Waals surface area contributed by atoms with Crippen LogP contribution in [0.15, 0.2) is 61.2 Å². The summed E-state index contributed by atoms with van der Waals surface area (Å²) in [6.07, 6.45) is 2.65. The molecule has 7 nitrogen and oxygen atoms in total. The number of carbonyl (C=O) groups excluding carboxylic acids is 3. The molecule has 174 valence electrons. The van der Waals surface area contributed by atoms with Crippen molar-refractivity contribution in [2.45, 2.75) is 18.9 Å². The van der Waals surface area contributed by atoms with Gasteiger partial charge in [-0.2, -0.15) is 0 Å². The van der Waals surface area contributed by atoms with Crippen molar-refractivity contribution in [3.05, 3.63) is 78.1 Å². The summed E-state index contributed by atoms with van der Waals surface area (Å²) in [5.74, 6) is -0.858. The molecule has 1 aliphatic heterocycles. The van der Waals surface area contributed by atoms with Crippen molar-refractivity contribution in [3.8, 4) is 5.75 Å². The van der Waals surface area contributed by atoms with Crippen molar-refractivity contribution >= 4 is 17.7 Å². The molecule has 2 aromatic rings. The molecule has 2 aromatic carbocycles. The zero-order valence-corrected chi connectivity index (χ0v) is 18.6. The summed E-state index contributed by atoms with van der Waals surface area (Å²) >= 11 is 0. The van der Waals surface area contributed by atoms with E-state index >= 15 is 0 Å². The summed E-state index contributed by atoms with van der Waals surface area (Å²) < 4.78 is 18.3. The first-order valence-corrected chi connectivity index (χ1v) is 10.8. The van der Waals surface area contributed by atoms with Crippen LogP contribution in [-0.2, 0) is 4.79 Å². The van der Waals surface area contributed by atoms with Crippen LogP contribution in [0.1, 0.15) is 33.6 Å². The summed E-state index contributed by atoms with van der Waals surface area (Å²) in [6.45, 7) is 4.76. The summed E-state index contributed by atoms with van der Waals surface area (Å²) in [5.41, 5.74) is 0.807. The largest absolute Gasteiger partial charge is 0.497 e. The van der Waals surface area contributed by atoms with E-state index in [0.717, 1.165) is 0 Å². The number of nitrogens with one attached hydrogen (secondary N) is 2. The van der Waals surface area contributed by atoms with Crippen LogP contribution in [0.4, 0.5) is 4.39 Å². The minimum atomic E-state index is -0.758. The van der Waals surface area contributed by atoms with Gasteiger partial charge >= 0.3 is 0 Å². The lowest BCUT2D eigenvalue weighted by Crippen LogP contribution is -2.53. The van der Waals surface area contributed by atoms with Crippen LogP contribution >= 0.6 is 0 Å². The van der Waals surface area contributed by atoms with E-state index in [-0.39, 0.29) is 30.2 Å². The van der Waals surface area contributed by atoms with Crippen molar-refractivity contribution in [1.29, 1.82) is 0 Å². The molecular formula is C25H28FN3O4. The van der Waals surface area contributed by atoms with Gasteiger partial charge in [0.25, 0.3) is 11.8 Å². The molecule has 3 rings (SSSR count). The smallest absolute Gasteiger partial charge is 0.253 e. The number of amides is 3. The molecule has 0 aromatic heterocycles. The van der Waals surface area contributed by atoms with Crippen LogP contribution in [0.3, 0.4) is 0 Å². The maximum atomic E-state index is 13.2. The van der Waals surface area contributed by atoms with E-state index in [0.29, 0.717) is 42.8 Å². The highest BCUT2D eigenvalue weighted by atomic mass is 19.1. The molecule has 0 bridgehead atoms. The third-order valence-electron chi connectivity index (χ3n) is 5.71. The second-order valence-corrected chi connectivity index (χ2v) is 7.85. The second kappa shape index (κ2) is 11.3. The Morgan fingerprint density at radius 1 is 1.15 bits per heavy atom. The normalized spacial score (nSPS) is 14.8. The molecule has 2 N–H and O–H groups in total. The van der Waals surface area contributed by atoms with Crippen LogP contribution < -0.4 is 15.4 Å². The van der Waals surface area contributed by atoms with Gasteiger partial charge in [0.1, 0.15) is 17.6 Å². The summed E-state index contributed by atoms with van der Waals surface area (Å²) in [7, 11) is 1.52. The van der Waals surface area contributed by atoms with Crippen molar-refractivity contribution in [1.82, 2.24) is 15.5 Å². The quantitative estimate of drug-likeness (QED) is 0.602. The Morgan fingerprint density at radius 2 is 1.85 bits per heavy atom. The molecule has 1 heterocycles. The maximum Gasteiger partial charge on any atom is 0.253 e. The Bertz CT molecular complexity index is 1000. The number of halogens is 1. The molecule has 1 atom stereocenters. The van der Waals surface area contributed by atoms with E-state index in [1.807, 2.05) is 0 Å².